The predicted octanol–water partition coefficient (Wildman–Crippen LogP) is 2.40. The standard InChI is InChI=1S/C16H15N5O/c1-3-20-14-11(5-4-8-17-14)15-18-9-10(2)21(15)12-6-7-13(22)19-16(12)20/h4-9H,3H2,1-2H3,(H,19,22). The topological polar surface area (TPSA) is 66.8 Å². The minimum Gasteiger partial charge on any atom is -0.310 e. The Kier molecular flexibility index (Phi) is 2.66. The number of H-pyrrole nitrogens is 1. The molecular formula is C16H15N5O. The van der Waals surface area contributed by atoms with Gasteiger partial charge in [-0.2, -0.15) is 0 Å². The maximum atomic E-state index is 11.8. The summed E-state index contributed by atoms with van der Waals surface area (Å²) in [5.41, 5.74) is 2.74. The molecule has 1 aliphatic heterocycles. The van der Waals surface area contributed by atoms with E-state index in [9.17, 15) is 4.79 Å². The Hall–Kier alpha value is -2.89. The van der Waals surface area contributed by atoms with Crippen LogP contribution in [0.5, 0.6) is 0 Å². The summed E-state index contributed by atoms with van der Waals surface area (Å²) in [5.74, 6) is 2.39. The smallest absolute Gasteiger partial charge is 0.249 e. The molecule has 1 aliphatic rings. The zero-order valence-corrected chi connectivity index (χ0v) is 12.4. The highest BCUT2D eigenvalue weighted by molar-refractivity contribution is 5.82. The number of imidazole rings is 1. The molecule has 4 rings (SSSR count). The summed E-state index contributed by atoms with van der Waals surface area (Å²) < 4.78 is 2.06. The van der Waals surface area contributed by atoms with Crippen LogP contribution < -0.4 is 10.5 Å². The van der Waals surface area contributed by atoms with Crippen LogP contribution in [0.2, 0.25) is 0 Å². The Morgan fingerprint density at radius 1 is 1.23 bits per heavy atom. The van der Waals surface area contributed by atoms with E-state index in [0.29, 0.717) is 6.54 Å². The number of fused-ring (bicyclic) bond motifs is 5. The zero-order chi connectivity index (χ0) is 15.3. The molecule has 0 atom stereocenters. The van der Waals surface area contributed by atoms with Crippen molar-refractivity contribution in [1.82, 2.24) is 19.5 Å². The highest BCUT2D eigenvalue weighted by Crippen LogP contribution is 2.39. The largest absolute Gasteiger partial charge is 0.310 e. The molecule has 3 aromatic heterocycles. The fourth-order valence-corrected chi connectivity index (χ4v) is 2.97. The molecular weight excluding hydrogens is 278 g/mol. The molecule has 4 heterocycles. The van der Waals surface area contributed by atoms with Crippen molar-refractivity contribution in [1.29, 1.82) is 0 Å². The van der Waals surface area contributed by atoms with Gasteiger partial charge in [0.05, 0.1) is 11.3 Å². The van der Waals surface area contributed by atoms with E-state index in [2.05, 4.69) is 19.5 Å². The summed E-state index contributed by atoms with van der Waals surface area (Å²) >= 11 is 0. The van der Waals surface area contributed by atoms with Crippen LogP contribution in [0, 0.1) is 6.92 Å². The van der Waals surface area contributed by atoms with Gasteiger partial charge in [-0.15, -0.1) is 0 Å². The van der Waals surface area contributed by atoms with Crippen LogP contribution in [-0.2, 0) is 0 Å². The number of aromatic amines is 1. The van der Waals surface area contributed by atoms with Gasteiger partial charge in [0.25, 0.3) is 0 Å². The maximum absolute atomic E-state index is 11.8. The summed E-state index contributed by atoms with van der Waals surface area (Å²) in [6.45, 7) is 4.73. The number of aromatic nitrogens is 4. The second-order valence-corrected chi connectivity index (χ2v) is 5.23. The van der Waals surface area contributed by atoms with Crippen molar-refractivity contribution in [3.05, 3.63) is 52.7 Å². The van der Waals surface area contributed by atoms with Crippen molar-refractivity contribution >= 4 is 11.6 Å². The van der Waals surface area contributed by atoms with Crippen LogP contribution in [0.3, 0.4) is 0 Å². The zero-order valence-electron chi connectivity index (χ0n) is 12.4. The number of hydrogen-bond acceptors (Lipinski definition) is 4. The summed E-state index contributed by atoms with van der Waals surface area (Å²) in [5, 5.41) is 0. The fraction of sp³-hybridized carbons (Fsp3) is 0.188. The van der Waals surface area contributed by atoms with Gasteiger partial charge < -0.3 is 9.88 Å². The van der Waals surface area contributed by atoms with Crippen LogP contribution in [-0.4, -0.2) is 26.1 Å². The van der Waals surface area contributed by atoms with Gasteiger partial charge in [-0.3, -0.25) is 9.36 Å². The van der Waals surface area contributed by atoms with Gasteiger partial charge in [-0.25, -0.2) is 9.97 Å². The van der Waals surface area contributed by atoms with Gasteiger partial charge in [0.15, 0.2) is 0 Å². The first-order valence-electron chi connectivity index (χ1n) is 7.21. The number of nitrogens with zero attached hydrogens (tertiary/aromatic N) is 4. The molecule has 1 N–H and O–H groups in total. The van der Waals surface area contributed by atoms with Gasteiger partial charge in [0.2, 0.25) is 5.56 Å². The third-order valence-corrected chi connectivity index (χ3v) is 3.93. The average Bonchev–Trinajstić information content (AvgIpc) is 2.85. The SMILES string of the molecule is CCN1c2ncccc2-c2ncc(C)n2-c2ccc(=O)[nH]c21. The van der Waals surface area contributed by atoms with Crippen molar-refractivity contribution in [2.24, 2.45) is 0 Å². The molecule has 0 saturated carbocycles. The molecule has 110 valence electrons. The lowest BCUT2D eigenvalue weighted by Gasteiger charge is -2.22. The Balaban J connectivity index is 2.18. The Morgan fingerprint density at radius 3 is 2.91 bits per heavy atom. The van der Waals surface area contributed by atoms with Crippen molar-refractivity contribution < 1.29 is 0 Å². The van der Waals surface area contributed by atoms with Gasteiger partial charge in [-0.05, 0) is 32.0 Å². The van der Waals surface area contributed by atoms with Gasteiger partial charge in [0.1, 0.15) is 17.5 Å². The minimum absolute atomic E-state index is 0.129. The lowest BCUT2D eigenvalue weighted by molar-refractivity contribution is 0.939. The molecule has 3 aromatic rings. The molecule has 0 spiro atoms. The minimum atomic E-state index is -0.129. The highest BCUT2D eigenvalue weighted by Gasteiger charge is 2.27. The highest BCUT2D eigenvalue weighted by atomic mass is 16.1. The lowest BCUT2D eigenvalue weighted by Crippen LogP contribution is -2.22. The summed E-state index contributed by atoms with van der Waals surface area (Å²) in [4.78, 5) is 25.9. The molecule has 6 nitrogen and oxygen atoms in total. The van der Waals surface area contributed by atoms with E-state index in [4.69, 9.17) is 0 Å². The number of nitrogens with one attached hydrogen (secondary N) is 1. The molecule has 0 saturated heterocycles. The van der Waals surface area contributed by atoms with Crippen molar-refractivity contribution in [3.63, 3.8) is 0 Å². The van der Waals surface area contributed by atoms with Crippen molar-refractivity contribution in [2.75, 3.05) is 11.4 Å². The lowest BCUT2D eigenvalue weighted by atomic mass is 10.2. The molecule has 0 fully saturated rings. The van der Waals surface area contributed by atoms with Gasteiger partial charge >= 0.3 is 0 Å². The number of aryl methyl sites for hydroxylation is 1. The van der Waals surface area contributed by atoms with Crippen LogP contribution in [0.1, 0.15) is 12.6 Å². The van der Waals surface area contributed by atoms with E-state index < -0.39 is 0 Å². The number of pyridine rings is 2. The third kappa shape index (κ3) is 1.64. The van der Waals surface area contributed by atoms with E-state index in [1.165, 1.54) is 0 Å². The predicted molar refractivity (Wildman–Crippen MR) is 84.8 cm³/mol. The summed E-state index contributed by atoms with van der Waals surface area (Å²) in [6, 6.07) is 7.28. The van der Waals surface area contributed by atoms with Gasteiger partial charge in [0, 0.05) is 30.7 Å². The Bertz CT molecular complexity index is 924. The van der Waals surface area contributed by atoms with E-state index in [1.54, 1.807) is 12.3 Å². The maximum Gasteiger partial charge on any atom is 0.249 e. The van der Waals surface area contributed by atoms with E-state index in [0.717, 1.165) is 34.4 Å². The van der Waals surface area contributed by atoms with Crippen LogP contribution >= 0.6 is 0 Å². The molecule has 0 aromatic carbocycles. The monoisotopic (exact) mass is 293 g/mol. The first-order valence-corrected chi connectivity index (χ1v) is 7.21. The first kappa shape index (κ1) is 12.8. The van der Waals surface area contributed by atoms with Crippen molar-refractivity contribution in [3.8, 4) is 17.1 Å². The molecule has 0 radical (unpaired) electrons. The normalized spacial score (nSPS) is 12.4. The average molecular weight is 293 g/mol. The second kappa shape index (κ2) is 4.56. The molecule has 6 heteroatoms. The molecule has 0 amide bonds. The van der Waals surface area contributed by atoms with Crippen LogP contribution in [0.15, 0.2) is 41.5 Å². The van der Waals surface area contributed by atoms with E-state index in [1.807, 2.05) is 43.1 Å². The van der Waals surface area contributed by atoms with E-state index in [-0.39, 0.29) is 5.56 Å². The number of anilines is 2. The first-order chi connectivity index (χ1) is 10.7. The fourth-order valence-electron chi connectivity index (χ4n) is 2.97. The molecule has 0 aliphatic carbocycles. The van der Waals surface area contributed by atoms with Gasteiger partial charge in [-0.1, -0.05) is 0 Å². The quantitative estimate of drug-likeness (QED) is 0.748. The summed E-state index contributed by atoms with van der Waals surface area (Å²) in [6.07, 6.45) is 3.59. The third-order valence-electron chi connectivity index (χ3n) is 3.93. The van der Waals surface area contributed by atoms with E-state index >= 15 is 0 Å². The second-order valence-electron chi connectivity index (χ2n) is 5.23. The Morgan fingerprint density at radius 2 is 2.09 bits per heavy atom. The number of rotatable bonds is 1. The van der Waals surface area contributed by atoms with Crippen LogP contribution in [0.4, 0.5) is 11.6 Å². The Labute approximate surface area is 127 Å². The summed E-state index contributed by atoms with van der Waals surface area (Å²) in [7, 11) is 0. The number of hydrogen-bond donors (Lipinski definition) is 1. The molecule has 22 heavy (non-hydrogen) atoms. The molecule has 0 bridgehead atoms. The van der Waals surface area contributed by atoms with Crippen molar-refractivity contribution in [2.45, 2.75) is 13.8 Å². The van der Waals surface area contributed by atoms with Crippen LogP contribution in [0.25, 0.3) is 17.1 Å². The molecule has 0 unspecified atom stereocenters.